The maximum atomic E-state index is 12.3. The molecule has 0 spiro atoms. The van der Waals surface area contributed by atoms with E-state index < -0.39 is 0 Å². The normalized spacial score (nSPS) is 16.4. The van der Waals surface area contributed by atoms with Gasteiger partial charge in [0.15, 0.2) is 0 Å². The molecule has 0 bridgehead atoms. The van der Waals surface area contributed by atoms with Crippen LogP contribution in [0.2, 0.25) is 0 Å². The zero-order valence-corrected chi connectivity index (χ0v) is 14.2. The Morgan fingerprint density at radius 1 is 1.04 bits per heavy atom. The lowest BCUT2D eigenvalue weighted by atomic mass is 10.1. The predicted octanol–water partition coefficient (Wildman–Crippen LogP) is 0.981. The van der Waals surface area contributed by atoms with Crippen molar-refractivity contribution in [3.05, 3.63) is 60.4 Å². The van der Waals surface area contributed by atoms with E-state index in [2.05, 4.69) is 15.6 Å². The van der Waals surface area contributed by atoms with E-state index in [1.165, 1.54) is 0 Å². The van der Waals surface area contributed by atoms with Crippen LogP contribution < -0.4 is 15.5 Å². The summed E-state index contributed by atoms with van der Waals surface area (Å²) in [7, 11) is 0. The highest BCUT2D eigenvalue weighted by atomic mass is 16.2. The number of carbonyl (C=O) groups is 3. The molecule has 1 atom stereocenters. The van der Waals surface area contributed by atoms with Crippen LogP contribution in [0.5, 0.6) is 0 Å². The van der Waals surface area contributed by atoms with E-state index in [0.717, 1.165) is 5.69 Å². The summed E-state index contributed by atoms with van der Waals surface area (Å²) >= 11 is 0. The average Bonchev–Trinajstić information content (AvgIpc) is 3.08. The number of anilines is 1. The van der Waals surface area contributed by atoms with Gasteiger partial charge in [-0.05, 0) is 24.3 Å². The van der Waals surface area contributed by atoms with E-state index in [4.69, 9.17) is 0 Å². The number of nitrogens with one attached hydrogen (secondary N) is 2. The first-order valence-electron chi connectivity index (χ1n) is 8.46. The van der Waals surface area contributed by atoms with Gasteiger partial charge < -0.3 is 15.5 Å². The van der Waals surface area contributed by atoms with Crippen molar-refractivity contribution in [3.8, 4) is 0 Å². The third kappa shape index (κ3) is 4.24. The van der Waals surface area contributed by atoms with Crippen LogP contribution in [0.3, 0.4) is 0 Å². The first kappa shape index (κ1) is 17.6. The smallest absolute Gasteiger partial charge is 0.251 e. The minimum atomic E-state index is -0.376. The van der Waals surface area contributed by atoms with Crippen LogP contribution in [0.25, 0.3) is 0 Å². The number of amides is 3. The minimum Gasteiger partial charge on any atom is -0.354 e. The molecule has 1 aromatic carbocycles. The van der Waals surface area contributed by atoms with E-state index in [0.29, 0.717) is 25.2 Å². The predicted molar refractivity (Wildman–Crippen MR) is 96.5 cm³/mol. The fourth-order valence-electron chi connectivity index (χ4n) is 2.85. The second-order valence-corrected chi connectivity index (χ2v) is 6.02. The lowest BCUT2D eigenvalue weighted by molar-refractivity contribution is -0.126. The van der Waals surface area contributed by atoms with Crippen LogP contribution in [-0.4, -0.2) is 42.3 Å². The summed E-state index contributed by atoms with van der Waals surface area (Å²) in [4.78, 5) is 41.8. The van der Waals surface area contributed by atoms with Crippen LogP contribution in [0, 0.1) is 5.92 Å². The van der Waals surface area contributed by atoms with Gasteiger partial charge in [-0.3, -0.25) is 19.4 Å². The molecular formula is C19H20N4O3. The molecule has 2 N–H and O–H groups in total. The number of benzene rings is 1. The Morgan fingerprint density at radius 2 is 1.73 bits per heavy atom. The summed E-state index contributed by atoms with van der Waals surface area (Å²) in [5.74, 6) is -0.816. The lowest BCUT2D eigenvalue weighted by Crippen LogP contribution is -2.38. The van der Waals surface area contributed by atoms with Crippen molar-refractivity contribution in [2.45, 2.75) is 6.42 Å². The van der Waals surface area contributed by atoms with Gasteiger partial charge in [0.2, 0.25) is 11.8 Å². The monoisotopic (exact) mass is 352 g/mol. The van der Waals surface area contributed by atoms with E-state index in [-0.39, 0.29) is 30.1 Å². The highest BCUT2D eigenvalue weighted by Crippen LogP contribution is 2.24. The Kier molecular flexibility index (Phi) is 5.58. The summed E-state index contributed by atoms with van der Waals surface area (Å²) in [6, 6.07) is 12.6. The number of aromatic nitrogens is 1. The summed E-state index contributed by atoms with van der Waals surface area (Å²) in [5, 5.41) is 5.51. The van der Waals surface area contributed by atoms with Gasteiger partial charge in [-0.1, -0.05) is 18.2 Å². The Bertz CT molecular complexity index is 780. The zero-order valence-electron chi connectivity index (χ0n) is 14.2. The van der Waals surface area contributed by atoms with Crippen molar-refractivity contribution in [2.75, 3.05) is 24.5 Å². The number of hydrogen-bond donors (Lipinski definition) is 2. The molecule has 0 aliphatic carbocycles. The van der Waals surface area contributed by atoms with E-state index in [1.54, 1.807) is 29.4 Å². The molecule has 0 radical (unpaired) electrons. The van der Waals surface area contributed by atoms with Crippen LogP contribution in [0.15, 0.2) is 54.9 Å². The fourth-order valence-corrected chi connectivity index (χ4v) is 2.85. The standard InChI is InChI=1S/C19H20N4O3/c24-17-12-15(13-23(17)16-4-2-1-3-5-16)19(26)22-11-10-21-18(25)14-6-8-20-9-7-14/h1-9,15H,10-13H2,(H,21,25)(H,22,26)/t15-/m0/s1. The molecular weight excluding hydrogens is 332 g/mol. The largest absolute Gasteiger partial charge is 0.354 e. The van der Waals surface area contributed by atoms with Gasteiger partial charge in [-0.2, -0.15) is 0 Å². The second-order valence-electron chi connectivity index (χ2n) is 6.02. The molecule has 134 valence electrons. The molecule has 1 saturated heterocycles. The summed E-state index contributed by atoms with van der Waals surface area (Å²) < 4.78 is 0. The SMILES string of the molecule is O=C(NCCNC(=O)[C@H]1CC(=O)N(c2ccccc2)C1)c1ccncc1. The maximum Gasteiger partial charge on any atom is 0.251 e. The Morgan fingerprint density at radius 3 is 2.46 bits per heavy atom. The second kappa shape index (κ2) is 8.24. The van der Waals surface area contributed by atoms with Crippen molar-refractivity contribution >= 4 is 23.4 Å². The topological polar surface area (TPSA) is 91.4 Å². The molecule has 1 aliphatic rings. The van der Waals surface area contributed by atoms with Gasteiger partial charge in [-0.15, -0.1) is 0 Å². The Balaban J connectivity index is 1.43. The lowest BCUT2D eigenvalue weighted by Gasteiger charge is -2.16. The third-order valence-electron chi connectivity index (χ3n) is 4.22. The van der Waals surface area contributed by atoms with Crippen molar-refractivity contribution in [3.63, 3.8) is 0 Å². The number of hydrogen-bond acceptors (Lipinski definition) is 4. The highest BCUT2D eigenvalue weighted by Gasteiger charge is 2.34. The van der Waals surface area contributed by atoms with Crippen molar-refractivity contribution in [2.24, 2.45) is 5.92 Å². The van der Waals surface area contributed by atoms with Crippen molar-refractivity contribution in [1.29, 1.82) is 0 Å². The maximum absolute atomic E-state index is 12.3. The molecule has 0 unspecified atom stereocenters. The van der Waals surface area contributed by atoms with Crippen LogP contribution >= 0.6 is 0 Å². The number of rotatable bonds is 6. The van der Waals surface area contributed by atoms with Gasteiger partial charge >= 0.3 is 0 Å². The van der Waals surface area contributed by atoms with Gasteiger partial charge in [-0.25, -0.2) is 0 Å². The number of nitrogens with zero attached hydrogens (tertiary/aromatic N) is 2. The average molecular weight is 352 g/mol. The quantitative estimate of drug-likeness (QED) is 0.758. The van der Waals surface area contributed by atoms with E-state index >= 15 is 0 Å². The van der Waals surface area contributed by atoms with Gasteiger partial charge in [0.05, 0.1) is 5.92 Å². The molecule has 2 heterocycles. The van der Waals surface area contributed by atoms with Crippen molar-refractivity contribution in [1.82, 2.24) is 15.6 Å². The molecule has 1 fully saturated rings. The van der Waals surface area contributed by atoms with Crippen LogP contribution in [0.4, 0.5) is 5.69 Å². The fraction of sp³-hybridized carbons (Fsp3) is 0.263. The summed E-state index contributed by atoms with van der Waals surface area (Å²) in [6.45, 7) is 1.000. The number of para-hydroxylation sites is 1. The van der Waals surface area contributed by atoms with Crippen LogP contribution in [-0.2, 0) is 9.59 Å². The Labute approximate surface area is 151 Å². The number of carbonyl (C=O) groups excluding carboxylic acids is 3. The molecule has 26 heavy (non-hydrogen) atoms. The molecule has 1 aliphatic heterocycles. The number of pyridine rings is 1. The molecule has 7 nitrogen and oxygen atoms in total. The molecule has 2 aromatic rings. The zero-order chi connectivity index (χ0) is 18.4. The summed E-state index contributed by atoms with van der Waals surface area (Å²) in [6.07, 6.45) is 3.29. The third-order valence-corrected chi connectivity index (χ3v) is 4.22. The Hall–Kier alpha value is -3.22. The molecule has 7 heteroatoms. The van der Waals surface area contributed by atoms with Gasteiger partial charge in [0.25, 0.3) is 5.91 Å². The van der Waals surface area contributed by atoms with E-state index in [1.807, 2.05) is 30.3 Å². The molecule has 3 amide bonds. The summed E-state index contributed by atoms with van der Waals surface area (Å²) in [5.41, 5.74) is 1.32. The van der Waals surface area contributed by atoms with Crippen LogP contribution in [0.1, 0.15) is 16.8 Å². The molecule has 3 rings (SSSR count). The van der Waals surface area contributed by atoms with Gasteiger partial charge in [0, 0.05) is 49.7 Å². The highest BCUT2D eigenvalue weighted by molar-refractivity contribution is 6.00. The first-order chi connectivity index (χ1) is 12.6. The van der Waals surface area contributed by atoms with Gasteiger partial charge in [0.1, 0.15) is 0 Å². The minimum absolute atomic E-state index is 0.0534. The van der Waals surface area contributed by atoms with Crippen molar-refractivity contribution < 1.29 is 14.4 Å². The molecule has 1 aromatic heterocycles. The first-order valence-corrected chi connectivity index (χ1v) is 8.46. The molecule has 0 saturated carbocycles. The van der Waals surface area contributed by atoms with E-state index in [9.17, 15) is 14.4 Å².